The minimum atomic E-state index is -0.554. The van der Waals surface area contributed by atoms with E-state index < -0.39 is 12.0 Å². The van der Waals surface area contributed by atoms with Crippen LogP contribution in [0.4, 0.5) is 4.79 Å². The first kappa shape index (κ1) is 17.3. The van der Waals surface area contributed by atoms with Crippen LogP contribution >= 0.6 is 11.3 Å². The van der Waals surface area contributed by atoms with Gasteiger partial charge in [-0.15, -0.1) is 11.3 Å². The molecule has 0 fully saturated rings. The van der Waals surface area contributed by atoms with E-state index in [1.807, 2.05) is 17.5 Å². The molecule has 2 N–H and O–H groups in total. The van der Waals surface area contributed by atoms with E-state index >= 15 is 0 Å². The summed E-state index contributed by atoms with van der Waals surface area (Å²) in [5, 5.41) is 7.53. The second-order valence-corrected chi connectivity index (χ2v) is 7.31. The van der Waals surface area contributed by atoms with Crippen molar-refractivity contribution in [2.75, 3.05) is 13.7 Å². The molecule has 0 spiro atoms. The monoisotopic (exact) mass is 383 g/mol. The van der Waals surface area contributed by atoms with Crippen molar-refractivity contribution >= 4 is 29.2 Å². The van der Waals surface area contributed by atoms with Gasteiger partial charge >= 0.3 is 12.0 Å². The van der Waals surface area contributed by atoms with Gasteiger partial charge in [0.25, 0.3) is 5.91 Å². The third-order valence-corrected chi connectivity index (χ3v) is 5.47. The number of ether oxygens (including phenoxy) is 1. The summed E-state index contributed by atoms with van der Waals surface area (Å²) < 4.78 is 4.70. The third-order valence-electron chi connectivity index (χ3n) is 4.61. The number of nitrogens with one attached hydrogen (secondary N) is 2. The van der Waals surface area contributed by atoms with Crippen molar-refractivity contribution in [3.8, 4) is 0 Å². The van der Waals surface area contributed by atoms with Crippen LogP contribution in [-0.2, 0) is 16.1 Å². The fraction of sp³-hybridized carbons (Fsp3) is 0.211. The van der Waals surface area contributed by atoms with E-state index in [9.17, 15) is 14.4 Å². The number of hydrogen-bond donors (Lipinski definition) is 2. The van der Waals surface area contributed by atoms with Gasteiger partial charge in [0.15, 0.2) is 0 Å². The zero-order valence-electron chi connectivity index (χ0n) is 14.5. The SMILES string of the molecule is COC(=O)c1ccc([C@@H]2NC(=O)NC3=C2C(=O)N(Cc2cccs2)C3)cc1. The van der Waals surface area contributed by atoms with Crippen LogP contribution in [-0.4, -0.2) is 36.5 Å². The number of thiophene rings is 1. The van der Waals surface area contributed by atoms with Gasteiger partial charge in [-0.3, -0.25) is 4.79 Å². The standard InChI is InChI=1S/C19H17N3O4S/c1-26-18(24)12-6-4-11(5-7-12)16-15-14(20-19(25)21-16)10-22(17(15)23)9-13-3-2-8-27-13/h2-8,16H,9-10H2,1H3,(H2,20,21,25)/t16-/m0/s1. The molecule has 7 nitrogen and oxygen atoms in total. The predicted molar refractivity (Wildman–Crippen MR) is 99.0 cm³/mol. The maximum Gasteiger partial charge on any atom is 0.337 e. The van der Waals surface area contributed by atoms with Crippen molar-refractivity contribution in [1.29, 1.82) is 0 Å². The Labute approximate surface area is 159 Å². The summed E-state index contributed by atoms with van der Waals surface area (Å²) in [7, 11) is 1.32. The zero-order chi connectivity index (χ0) is 19.0. The molecule has 1 aromatic carbocycles. The summed E-state index contributed by atoms with van der Waals surface area (Å²) in [5.41, 5.74) is 2.31. The van der Waals surface area contributed by atoms with Crippen LogP contribution in [0.1, 0.15) is 26.8 Å². The van der Waals surface area contributed by atoms with Crippen molar-refractivity contribution in [2.24, 2.45) is 0 Å². The highest BCUT2D eigenvalue weighted by Crippen LogP contribution is 2.33. The smallest absolute Gasteiger partial charge is 0.337 e. The molecule has 138 valence electrons. The van der Waals surface area contributed by atoms with Gasteiger partial charge in [-0.2, -0.15) is 0 Å². The Kier molecular flexibility index (Phi) is 4.41. The highest BCUT2D eigenvalue weighted by atomic mass is 32.1. The number of methoxy groups -OCH3 is 1. The van der Waals surface area contributed by atoms with Gasteiger partial charge in [0.2, 0.25) is 0 Å². The van der Waals surface area contributed by atoms with E-state index in [4.69, 9.17) is 4.74 Å². The quantitative estimate of drug-likeness (QED) is 0.793. The van der Waals surface area contributed by atoms with Crippen LogP contribution in [0.25, 0.3) is 0 Å². The van der Waals surface area contributed by atoms with Crippen LogP contribution in [0.2, 0.25) is 0 Å². The Morgan fingerprint density at radius 2 is 2.04 bits per heavy atom. The lowest BCUT2D eigenvalue weighted by Crippen LogP contribution is -2.44. The minimum absolute atomic E-state index is 0.104. The first-order valence-electron chi connectivity index (χ1n) is 8.37. The molecule has 8 heteroatoms. The van der Waals surface area contributed by atoms with Crippen molar-refractivity contribution in [3.63, 3.8) is 0 Å². The average molecular weight is 383 g/mol. The maximum absolute atomic E-state index is 13.0. The number of nitrogens with zero attached hydrogens (tertiary/aromatic N) is 1. The average Bonchev–Trinajstić information content (AvgIpc) is 3.29. The van der Waals surface area contributed by atoms with Gasteiger partial charge in [-0.05, 0) is 29.1 Å². The Morgan fingerprint density at radius 1 is 1.26 bits per heavy atom. The minimum Gasteiger partial charge on any atom is -0.465 e. The molecular weight excluding hydrogens is 366 g/mol. The van der Waals surface area contributed by atoms with Gasteiger partial charge in [0, 0.05) is 4.88 Å². The summed E-state index contributed by atoms with van der Waals surface area (Å²) in [6.45, 7) is 0.879. The molecule has 2 aliphatic rings. The molecule has 0 unspecified atom stereocenters. The van der Waals surface area contributed by atoms with Gasteiger partial charge < -0.3 is 20.3 Å². The number of amides is 3. The number of benzene rings is 1. The maximum atomic E-state index is 13.0. The van der Waals surface area contributed by atoms with Crippen LogP contribution in [0, 0.1) is 0 Å². The van der Waals surface area contributed by atoms with E-state index in [2.05, 4.69) is 10.6 Å². The molecule has 0 bridgehead atoms. The second kappa shape index (κ2) is 6.88. The van der Waals surface area contributed by atoms with Gasteiger partial charge in [-0.25, -0.2) is 9.59 Å². The lowest BCUT2D eigenvalue weighted by atomic mass is 9.95. The van der Waals surface area contributed by atoms with E-state index in [0.717, 1.165) is 10.4 Å². The number of hydrogen-bond acceptors (Lipinski definition) is 5. The predicted octanol–water partition coefficient (Wildman–Crippen LogP) is 2.19. The van der Waals surface area contributed by atoms with E-state index in [0.29, 0.717) is 29.9 Å². The van der Waals surface area contributed by atoms with Crippen LogP contribution in [0.5, 0.6) is 0 Å². The van der Waals surface area contributed by atoms with Crippen molar-refractivity contribution in [2.45, 2.75) is 12.6 Å². The number of carbonyl (C=O) groups excluding carboxylic acids is 3. The molecule has 1 atom stereocenters. The summed E-state index contributed by atoms with van der Waals surface area (Å²) in [6.07, 6.45) is 0. The van der Waals surface area contributed by atoms with Crippen molar-refractivity contribution in [3.05, 3.63) is 69.1 Å². The summed E-state index contributed by atoms with van der Waals surface area (Å²) in [6, 6.07) is 9.72. The molecule has 0 radical (unpaired) electrons. The van der Waals surface area contributed by atoms with Gasteiger partial charge in [-0.1, -0.05) is 18.2 Å². The normalized spacial score (nSPS) is 18.9. The number of rotatable bonds is 4. The summed E-state index contributed by atoms with van der Waals surface area (Å²) in [4.78, 5) is 39.5. The highest BCUT2D eigenvalue weighted by Gasteiger charge is 2.40. The molecule has 2 aromatic rings. The summed E-state index contributed by atoms with van der Waals surface area (Å²) in [5.74, 6) is -0.539. The summed E-state index contributed by atoms with van der Waals surface area (Å²) >= 11 is 1.59. The number of esters is 1. The Morgan fingerprint density at radius 3 is 2.70 bits per heavy atom. The van der Waals surface area contributed by atoms with Crippen LogP contribution < -0.4 is 10.6 Å². The molecule has 3 heterocycles. The third kappa shape index (κ3) is 3.19. The lowest BCUT2D eigenvalue weighted by molar-refractivity contribution is -0.126. The van der Waals surface area contributed by atoms with Crippen molar-refractivity contribution < 1.29 is 19.1 Å². The largest absolute Gasteiger partial charge is 0.465 e. The van der Waals surface area contributed by atoms with E-state index in [1.165, 1.54) is 7.11 Å². The molecule has 4 rings (SSSR count). The molecule has 0 saturated heterocycles. The fourth-order valence-electron chi connectivity index (χ4n) is 3.33. The van der Waals surface area contributed by atoms with E-state index in [1.54, 1.807) is 40.5 Å². The highest BCUT2D eigenvalue weighted by molar-refractivity contribution is 7.09. The first-order valence-corrected chi connectivity index (χ1v) is 9.25. The van der Waals surface area contributed by atoms with E-state index in [-0.39, 0.29) is 11.9 Å². The molecule has 3 amide bonds. The first-order chi connectivity index (χ1) is 13.1. The molecular formula is C19H17N3O4S. The number of carbonyl (C=O) groups is 3. The number of urea groups is 1. The van der Waals surface area contributed by atoms with Crippen LogP contribution in [0.15, 0.2) is 53.0 Å². The molecule has 27 heavy (non-hydrogen) atoms. The Balaban J connectivity index is 1.61. The lowest BCUT2D eigenvalue weighted by Gasteiger charge is -2.25. The molecule has 2 aliphatic heterocycles. The molecule has 0 aliphatic carbocycles. The fourth-order valence-corrected chi connectivity index (χ4v) is 4.05. The topological polar surface area (TPSA) is 87.7 Å². The van der Waals surface area contributed by atoms with Crippen LogP contribution in [0.3, 0.4) is 0 Å². The Bertz CT molecular complexity index is 934. The van der Waals surface area contributed by atoms with Crippen molar-refractivity contribution in [1.82, 2.24) is 15.5 Å². The van der Waals surface area contributed by atoms with Gasteiger partial charge in [0.05, 0.1) is 43.1 Å². The molecule has 0 saturated carbocycles. The Hall–Kier alpha value is -3.13. The molecule has 1 aromatic heterocycles. The van der Waals surface area contributed by atoms with Gasteiger partial charge in [0.1, 0.15) is 0 Å². The second-order valence-electron chi connectivity index (χ2n) is 6.28. The zero-order valence-corrected chi connectivity index (χ0v) is 15.3.